The largest absolute Gasteiger partial charge is 0.505 e. The predicted molar refractivity (Wildman–Crippen MR) is 130 cm³/mol. The smallest absolute Gasteiger partial charge is 0.354 e. The Hall–Kier alpha value is -3.48. The minimum Gasteiger partial charge on any atom is -0.505 e. The van der Waals surface area contributed by atoms with Crippen molar-refractivity contribution in [2.24, 2.45) is 0 Å². The van der Waals surface area contributed by atoms with E-state index in [1.807, 2.05) is 48.5 Å². The van der Waals surface area contributed by atoms with Crippen LogP contribution in [-0.4, -0.2) is 9.67 Å². The average molecular weight is 474 g/mol. The molecule has 3 heterocycles. The molecule has 0 fully saturated rings. The highest BCUT2D eigenvalue weighted by molar-refractivity contribution is 7.99. The number of fused-ring (bicyclic) bond motifs is 2. The third kappa shape index (κ3) is 3.09. The zero-order chi connectivity index (χ0) is 22.7. The van der Waals surface area contributed by atoms with E-state index >= 15 is 0 Å². The molecule has 0 saturated heterocycles. The zero-order valence-corrected chi connectivity index (χ0v) is 18.7. The molecular weight excluding hydrogens is 458 g/mol. The number of pyridine rings is 1. The maximum atomic E-state index is 13.8. The van der Waals surface area contributed by atoms with E-state index < -0.39 is 5.63 Å². The lowest BCUT2D eigenvalue weighted by molar-refractivity contribution is 0.446. The minimum atomic E-state index is -0.701. The van der Waals surface area contributed by atoms with Gasteiger partial charge in [0.2, 0.25) is 0 Å². The fourth-order valence-corrected chi connectivity index (χ4v) is 5.77. The summed E-state index contributed by atoms with van der Waals surface area (Å²) in [6.07, 6.45) is 0.641. The van der Waals surface area contributed by atoms with Gasteiger partial charge in [-0.05, 0) is 41.8 Å². The Morgan fingerprint density at radius 1 is 1.00 bits per heavy atom. The van der Waals surface area contributed by atoms with Gasteiger partial charge >= 0.3 is 5.63 Å². The van der Waals surface area contributed by atoms with Crippen molar-refractivity contribution in [1.82, 2.24) is 4.57 Å². The molecule has 0 saturated carbocycles. The molecule has 3 aromatic carbocycles. The fourth-order valence-electron chi connectivity index (χ4n) is 4.62. The van der Waals surface area contributed by atoms with Gasteiger partial charge in [-0.25, -0.2) is 4.79 Å². The first-order valence-corrected chi connectivity index (χ1v) is 11.6. The summed E-state index contributed by atoms with van der Waals surface area (Å²) in [6.45, 7) is 0. The molecule has 1 aliphatic rings. The van der Waals surface area contributed by atoms with Crippen molar-refractivity contribution in [3.05, 3.63) is 110 Å². The third-order valence-corrected chi connectivity index (χ3v) is 7.31. The molecule has 1 atom stereocenters. The standard InChI is InChI=1S/C26H16ClNO4S/c27-16-9-5-10-17(13-16)33-24-22(29)20-23(32-26(24)31)18-11-4-8-15-12-19(14-6-2-1-3-7-14)28(21(15)18)25(20)30/h1-11,13,19,29H,12H2. The van der Waals surface area contributed by atoms with Crippen LogP contribution in [-0.2, 0) is 6.42 Å². The second kappa shape index (κ2) is 7.54. The molecule has 0 aliphatic carbocycles. The zero-order valence-electron chi connectivity index (χ0n) is 17.1. The van der Waals surface area contributed by atoms with Crippen LogP contribution in [0, 0.1) is 0 Å². The van der Waals surface area contributed by atoms with Gasteiger partial charge in [0.1, 0.15) is 10.3 Å². The van der Waals surface area contributed by atoms with E-state index in [0.717, 1.165) is 28.4 Å². The van der Waals surface area contributed by atoms with E-state index in [0.29, 0.717) is 21.7 Å². The fraction of sp³-hybridized carbons (Fsp3) is 0.0769. The van der Waals surface area contributed by atoms with Crippen molar-refractivity contribution >= 4 is 45.2 Å². The van der Waals surface area contributed by atoms with E-state index in [4.69, 9.17) is 16.0 Å². The number of hydrogen-bond donors (Lipinski definition) is 1. The van der Waals surface area contributed by atoms with Gasteiger partial charge in [-0.15, -0.1) is 0 Å². The molecule has 0 bridgehead atoms. The van der Waals surface area contributed by atoms with Crippen LogP contribution in [0.5, 0.6) is 5.75 Å². The van der Waals surface area contributed by atoms with Gasteiger partial charge in [0, 0.05) is 15.3 Å². The van der Waals surface area contributed by atoms with Crippen LogP contribution in [0.15, 0.2) is 96.6 Å². The first-order valence-electron chi connectivity index (χ1n) is 10.4. The molecule has 33 heavy (non-hydrogen) atoms. The molecule has 0 amide bonds. The Bertz CT molecular complexity index is 1690. The number of nitrogens with zero attached hydrogens (tertiary/aromatic N) is 1. The molecule has 6 rings (SSSR count). The van der Waals surface area contributed by atoms with E-state index in [-0.39, 0.29) is 33.2 Å². The van der Waals surface area contributed by atoms with E-state index in [1.165, 1.54) is 0 Å². The number of halogens is 1. The van der Waals surface area contributed by atoms with Crippen LogP contribution in [0.25, 0.3) is 21.9 Å². The third-order valence-electron chi connectivity index (χ3n) is 6.02. The Morgan fingerprint density at radius 3 is 2.58 bits per heavy atom. The molecule has 162 valence electrons. The SMILES string of the molecule is O=c1oc2c(c(O)c1Sc1cccc(Cl)c1)c(=O)n1c3c(cccc23)CC1c1ccccc1. The Kier molecular flexibility index (Phi) is 4.60. The summed E-state index contributed by atoms with van der Waals surface area (Å²) in [7, 11) is 0. The molecule has 0 spiro atoms. The second-order valence-corrected chi connectivity index (χ2v) is 9.47. The van der Waals surface area contributed by atoms with Gasteiger partial charge < -0.3 is 9.52 Å². The normalized spacial score (nSPS) is 14.9. The van der Waals surface area contributed by atoms with E-state index in [1.54, 1.807) is 28.8 Å². The number of benzene rings is 3. The van der Waals surface area contributed by atoms with Gasteiger partial charge in [0.25, 0.3) is 5.56 Å². The summed E-state index contributed by atoms with van der Waals surface area (Å²) in [6, 6.07) is 22.2. The molecule has 1 N–H and O–H groups in total. The van der Waals surface area contributed by atoms with E-state index in [9.17, 15) is 14.7 Å². The molecule has 1 unspecified atom stereocenters. The van der Waals surface area contributed by atoms with Gasteiger partial charge in [0.05, 0.1) is 11.6 Å². The number of hydrogen-bond acceptors (Lipinski definition) is 5. The topological polar surface area (TPSA) is 72.4 Å². The number of aromatic nitrogens is 1. The predicted octanol–water partition coefficient (Wildman–Crippen LogP) is 5.76. The number of aromatic hydroxyl groups is 1. The number of para-hydroxylation sites is 1. The first-order chi connectivity index (χ1) is 16.0. The molecule has 5 nitrogen and oxygen atoms in total. The van der Waals surface area contributed by atoms with Crippen molar-refractivity contribution in [3.63, 3.8) is 0 Å². The summed E-state index contributed by atoms with van der Waals surface area (Å²) in [4.78, 5) is 27.3. The van der Waals surface area contributed by atoms with Crippen molar-refractivity contribution in [2.45, 2.75) is 22.3 Å². The lowest BCUT2D eigenvalue weighted by Gasteiger charge is -2.16. The average Bonchev–Trinajstić information content (AvgIpc) is 3.21. The van der Waals surface area contributed by atoms with Gasteiger partial charge in [-0.1, -0.05) is 71.9 Å². The molecule has 7 heteroatoms. The number of rotatable bonds is 3. The highest BCUT2D eigenvalue weighted by Crippen LogP contribution is 2.41. The Labute approximate surface area is 196 Å². The van der Waals surface area contributed by atoms with Crippen LogP contribution >= 0.6 is 23.4 Å². The van der Waals surface area contributed by atoms with Crippen molar-refractivity contribution in [1.29, 1.82) is 0 Å². The van der Waals surface area contributed by atoms with Gasteiger partial charge in [-0.2, -0.15) is 0 Å². The summed E-state index contributed by atoms with van der Waals surface area (Å²) < 4.78 is 7.38. The summed E-state index contributed by atoms with van der Waals surface area (Å²) >= 11 is 7.08. The van der Waals surface area contributed by atoms with Crippen LogP contribution in [0.2, 0.25) is 5.02 Å². The molecule has 5 aromatic rings. The maximum Gasteiger partial charge on any atom is 0.354 e. The van der Waals surface area contributed by atoms with Crippen LogP contribution in [0.1, 0.15) is 17.2 Å². The summed E-state index contributed by atoms with van der Waals surface area (Å²) in [5.74, 6) is -0.369. The molecule has 1 aliphatic heterocycles. The van der Waals surface area contributed by atoms with Gasteiger partial charge in [-0.3, -0.25) is 9.36 Å². The highest BCUT2D eigenvalue weighted by atomic mass is 35.5. The molecule has 0 radical (unpaired) electrons. The Morgan fingerprint density at radius 2 is 1.79 bits per heavy atom. The quantitative estimate of drug-likeness (QED) is 0.337. The second-order valence-electron chi connectivity index (χ2n) is 7.95. The summed E-state index contributed by atoms with van der Waals surface area (Å²) in [5.41, 5.74) is 1.77. The maximum absolute atomic E-state index is 13.8. The van der Waals surface area contributed by atoms with Crippen LogP contribution in [0.4, 0.5) is 0 Å². The summed E-state index contributed by atoms with van der Waals surface area (Å²) in [5, 5.41) is 12.3. The van der Waals surface area contributed by atoms with Crippen LogP contribution < -0.4 is 11.2 Å². The highest BCUT2D eigenvalue weighted by Gasteiger charge is 2.31. The van der Waals surface area contributed by atoms with Crippen molar-refractivity contribution < 1.29 is 9.52 Å². The van der Waals surface area contributed by atoms with Gasteiger partial charge in [0.15, 0.2) is 11.3 Å². The monoisotopic (exact) mass is 473 g/mol. The van der Waals surface area contributed by atoms with Crippen molar-refractivity contribution in [3.8, 4) is 5.75 Å². The lowest BCUT2D eigenvalue weighted by Crippen LogP contribution is -2.24. The minimum absolute atomic E-state index is 0.00612. The van der Waals surface area contributed by atoms with Crippen LogP contribution in [0.3, 0.4) is 0 Å². The van der Waals surface area contributed by atoms with E-state index in [2.05, 4.69) is 0 Å². The van der Waals surface area contributed by atoms with Crippen molar-refractivity contribution in [2.75, 3.05) is 0 Å². The molecular formula is C26H16ClNO4S. The Balaban J connectivity index is 1.66. The molecule has 2 aromatic heterocycles. The lowest BCUT2D eigenvalue weighted by atomic mass is 10.0. The first kappa shape index (κ1) is 20.1.